The Morgan fingerprint density at radius 2 is 1.27 bits per heavy atom. The van der Waals surface area contributed by atoms with Crippen LogP contribution in [0.2, 0.25) is 0 Å². The van der Waals surface area contributed by atoms with Crippen molar-refractivity contribution >= 4 is 64.2 Å². The van der Waals surface area contributed by atoms with Crippen LogP contribution in [0.5, 0.6) is 0 Å². The van der Waals surface area contributed by atoms with Crippen LogP contribution < -0.4 is 0 Å². The van der Waals surface area contributed by atoms with Crippen LogP contribution in [0.4, 0.5) is 0 Å². The summed E-state index contributed by atoms with van der Waals surface area (Å²) in [4.78, 5) is 10.4. The lowest BCUT2D eigenvalue weighted by Crippen LogP contribution is -2.15. The lowest BCUT2D eigenvalue weighted by Gasteiger charge is -2.23. The van der Waals surface area contributed by atoms with Gasteiger partial charge in [-0.1, -0.05) is 135 Å². The highest BCUT2D eigenvalue weighted by Gasteiger charge is 2.40. The van der Waals surface area contributed by atoms with E-state index in [1.807, 2.05) is 29.5 Å². The molecule has 0 aliphatic heterocycles. The van der Waals surface area contributed by atoms with Crippen LogP contribution in [-0.2, 0) is 5.41 Å². The second-order valence-electron chi connectivity index (χ2n) is 14.1. The Bertz CT molecular complexity index is 3040. The summed E-state index contributed by atoms with van der Waals surface area (Å²) >= 11 is 1.93. The van der Waals surface area contributed by atoms with E-state index in [9.17, 15) is 0 Å². The standard InChI is InChI=1S/C47H31N3S/c1-47(2)35-22-12-9-19-31(35)39-42(47)40-33-21-11-14-24-38(33)51-45(40)41-32-20-10-13-23-37(32)50(44(39)41)30-25-26-36-34(27-30)43(28-15-5-3-6-16-28)49-46(48-36)29-17-7-4-8-18-29/h3-27H,1-2H3. The summed E-state index contributed by atoms with van der Waals surface area (Å²) in [5.41, 5.74) is 12.8. The Labute approximate surface area is 299 Å². The van der Waals surface area contributed by atoms with Crippen molar-refractivity contribution in [2.75, 3.05) is 0 Å². The SMILES string of the molecule is CC1(C)c2ccccc2-c2c1c1c3ccccc3sc1c1c3ccccc3n(-c3ccc4nc(-c5ccccc5)nc(-c5ccccc5)c4c3)c21. The lowest BCUT2D eigenvalue weighted by molar-refractivity contribution is 0.667. The highest BCUT2D eigenvalue weighted by atomic mass is 32.1. The van der Waals surface area contributed by atoms with Crippen molar-refractivity contribution in [1.29, 1.82) is 0 Å². The number of hydrogen-bond donors (Lipinski definition) is 0. The van der Waals surface area contributed by atoms with Crippen LogP contribution in [0.3, 0.4) is 0 Å². The second-order valence-corrected chi connectivity index (χ2v) is 15.2. The number of benzene rings is 7. The van der Waals surface area contributed by atoms with Crippen molar-refractivity contribution < 1.29 is 0 Å². The lowest BCUT2D eigenvalue weighted by atomic mass is 9.80. The maximum atomic E-state index is 5.24. The van der Waals surface area contributed by atoms with Gasteiger partial charge in [-0.3, -0.25) is 0 Å². The number of hydrogen-bond acceptors (Lipinski definition) is 3. The fourth-order valence-electron chi connectivity index (χ4n) is 8.74. The molecule has 3 nitrogen and oxygen atoms in total. The summed E-state index contributed by atoms with van der Waals surface area (Å²) < 4.78 is 5.21. The first kappa shape index (κ1) is 28.7. The average Bonchev–Trinajstić information content (AvgIpc) is 3.81. The third-order valence-corrected chi connectivity index (χ3v) is 12.1. The maximum absolute atomic E-state index is 5.24. The van der Waals surface area contributed by atoms with Crippen LogP contribution in [0.15, 0.2) is 152 Å². The summed E-state index contributed by atoms with van der Waals surface area (Å²) in [6.45, 7) is 4.82. The van der Waals surface area contributed by atoms with Crippen LogP contribution in [0.1, 0.15) is 25.0 Å². The third kappa shape index (κ3) is 3.94. The van der Waals surface area contributed by atoms with E-state index in [0.717, 1.165) is 39.2 Å². The molecular formula is C47H31N3S. The van der Waals surface area contributed by atoms with Gasteiger partial charge in [0.25, 0.3) is 0 Å². The van der Waals surface area contributed by atoms with E-state index in [1.165, 1.54) is 64.2 Å². The average molecular weight is 670 g/mol. The van der Waals surface area contributed by atoms with Gasteiger partial charge in [-0.05, 0) is 47.0 Å². The minimum atomic E-state index is -0.172. The Morgan fingerprint density at radius 3 is 2.10 bits per heavy atom. The monoisotopic (exact) mass is 669 g/mol. The molecule has 240 valence electrons. The van der Waals surface area contributed by atoms with Gasteiger partial charge >= 0.3 is 0 Å². The smallest absolute Gasteiger partial charge is 0.160 e. The molecule has 0 spiro atoms. The van der Waals surface area contributed by atoms with Gasteiger partial charge in [-0.15, -0.1) is 11.3 Å². The van der Waals surface area contributed by atoms with Crippen LogP contribution in [0, 0.1) is 0 Å². The van der Waals surface area contributed by atoms with Crippen LogP contribution in [-0.4, -0.2) is 14.5 Å². The topological polar surface area (TPSA) is 30.7 Å². The molecule has 0 fully saturated rings. The van der Waals surface area contributed by atoms with Gasteiger partial charge in [0, 0.05) is 64.1 Å². The first-order chi connectivity index (χ1) is 25.1. The van der Waals surface area contributed by atoms with Crippen molar-refractivity contribution in [3.8, 4) is 39.5 Å². The molecular weight excluding hydrogens is 639 g/mol. The molecule has 7 aromatic carbocycles. The summed E-state index contributed by atoms with van der Waals surface area (Å²) in [5.74, 6) is 0.732. The number of fused-ring (bicyclic) bond motifs is 13. The van der Waals surface area contributed by atoms with Crippen molar-refractivity contribution in [3.05, 3.63) is 163 Å². The molecule has 0 saturated heterocycles. The Morgan fingerprint density at radius 1 is 0.588 bits per heavy atom. The molecule has 1 aliphatic rings. The van der Waals surface area contributed by atoms with Gasteiger partial charge in [0.1, 0.15) is 0 Å². The largest absolute Gasteiger partial charge is 0.309 e. The summed E-state index contributed by atoms with van der Waals surface area (Å²) in [7, 11) is 0. The van der Waals surface area contributed by atoms with Crippen molar-refractivity contribution in [2.24, 2.45) is 0 Å². The van der Waals surface area contributed by atoms with E-state index < -0.39 is 0 Å². The number of rotatable bonds is 3. The fourth-order valence-corrected chi connectivity index (χ4v) is 10.0. The molecule has 0 amide bonds. The summed E-state index contributed by atoms with van der Waals surface area (Å²) in [6, 6.07) is 54.5. The Balaban J connectivity index is 1.31. The molecule has 10 aromatic rings. The fraction of sp³-hybridized carbons (Fsp3) is 0.0638. The molecule has 0 radical (unpaired) electrons. The van der Waals surface area contributed by atoms with Gasteiger partial charge in [-0.25, -0.2) is 9.97 Å². The molecule has 0 atom stereocenters. The van der Waals surface area contributed by atoms with Gasteiger partial charge in [0.15, 0.2) is 5.82 Å². The summed E-state index contributed by atoms with van der Waals surface area (Å²) in [5, 5.41) is 6.37. The van der Waals surface area contributed by atoms with Crippen LogP contribution in [0.25, 0.3) is 92.3 Å². The van der Waals surface area contributed by atoms with E-state index in [1.54, 1.807) is 0 Å². The third-order valence-electron chi connectivity index (χ3n) is 10.9. The Kier molecular flexibility index (Phi) is 5.89. The first-order valence-electron chi connectivity index (χ1n) is 17.5. The zero-order valence-corrected chi connectivity index (χ0v) is 29.0. The molecule has 51 heavy (non-hydrogen) atoms. The predicted molar refractivity (Wildman–Crippen MR) is 215 cm³/mol. The minimum absolute atomic E-state index is 0.172. The van der Waals surface area contributed by atoms with E-state index in [-0.39, 0.29) is 5.41 Å². The molecule has 1 aliphatic carbocycles. The zero-order valence-electron chi connectivity index (χ0n) is 28.2. The minimum Gasteiger partial charge on any atom is -0.309 e. The highest BCUT2D eigenvalue weighted by Crippen LogP contribution is 2.58. The molecule has 11 rings (SSSR count). The maximum Gasteiger partial charge on any atom is 0.160 e. The molecule has 3 heterocycles. The van der Waals surface area contributed by atoms with Gasteiger partial charge in [0.2, 0.25) is 0 Å². The zero-order chi connectivity index (χ0) is 33.8. The van der Waals surface area contributed by atoms with Gasteiger partial charge in [-0.2, -0.15) is 0 Å². The van der Waals surface area contributed by atoms with Gasteiger partial charge < -0.3 is 4.57 Å². The van der Waals surface area contributed by atoms with E-state index in [4.69, 9.17) is 9.97 Å². The summed E-state index contributed by atoms with van der Waals surface area (Å²) in [6.07, 6.45) is 0. The number of para-hydroxylation sites is 1. The van der Waals surface area contributed by atoms with Crippen molar-refractivity contribution in [3.63, 3.8) is 0 Å². The number of nitrogens with zero attached hydrogens (tertiary/aromatic N) is 3. The molecule has 4 heteroatoms. The van der Waals surface area contributed by atoms with Crippen LogP contribution >= 0.6 is 11.3 Å². The molecule has 0 bridgehead atoms. The van der Waals surface area contributed by atoms with E-state index in [2.05, 4.69) is 152 Å². The van der Waals surface area contributed by atoms with Gasteiger partial charge in [0.05, 0.1) is 22.2 Å². The predicted octanol–water partition coefficient (Wildman–Crippen LogP) is 12.7. The highest BCUT2D eigenvalue weighted by molar-refractivity contribution is 7.26. The Hall–Kier alpha value is -6.10. The number of thiophene rings is 1. The van der Waals surface area contributed by atoms with E-state index in [0.29, 0.717) is 0 Å². The first-order valence-corrected chi connectivity index (χ1v) is 18.3. The van der Waals surface area contributed by atoms with Crippen molar-refractivity contribution in [2.45, 2.75) is 19.3 Å². The van der Waals surface area contributed by atoms with Crippen molar-refractivity contribution in [1.82, 2.24) is 14.5 Å². The van der Waals surface area contributed by atoms with E-state index >= 15 is 0 Å². The molecule has 0 N–H and O–H groups in total. The second kappa shape index (κ2) is 10.5. The normalized spacial score (nSPS) is 13.5. The number of aromatic nitrogens is 3. The molecule has 3 aromatic heterocycles. The quantitative estimate of drug-likeness (QED) is 0.187. The molecule has 0 saturated carbocycles. The molecule has 0 unspecified atom stereocenters.